The van der Waals surface area contributed by atoms with Gasteiger partial charge in [0.15, 0.2) is 0 Å². The van der Waals surface area contributed by atoms with Crippen molar-refractivity contribution >= 4 is 17.7 Å². The van der Waals surface area contributed by atoms with E-state index in [4.69, 9.17) is 9.26 Å². The topological polar surface area (TPSA) is 58.8 Å². The molecule has 2 aliphatic rings. The fourth-order valence-electron chi connectivity index (χ4n) is 4.01. The van der Waals surface area contributed by atoms with Gasteiger partial charge in [-0.2, -0.15) is 0 Å². The van der Waals surface area contributed by atoms with E-state index < -0.39 is 0 Å². The Kier molecular flexibility index (Phi) is 6.57. The molecule has 156 valence electrons. The smallest absolute Gasteiger partial charge is 0.255 e. The molecule has 0 spiro atoms. The van der Waals surface area contributed by atoms with Gasteiger partial charge in [0, 0.05) is 55.5 Å². The van der Waals surface area contributed by atoms with Gasteiger partial charge in [-0.25, -0.2) is 0 Å². The molecule has 7 heteroatoms. The average Bonchev–Trinajstić information content (AvgIpc) is 3.36. The Morgan fingerprint density at radius 2 is 2.00 bits per heavy atom. The molecule has 0 N–H and O–H groups in total. The second-order valence-electron chi connectivity index (χ2n) is 7.82. The first kappa shape index (κ1) is 20.4. The zero-order chi connectivity index (χ0) is 20.2. The van der Waals surface area contributed by atoms with E-state index in [1.807, 2.05) is 43.0 Å². The molecule has 0 radical (unpaired) electrons. The molecule has 2 fully saturated rings. The molecule has 1 aromatic heterocycles. The summed E-state index contributed by atoms with van der Waals surface area (Å²) in [7, 11) is 0. The summed E-state index contributed by atoms with van der Waals surface area (Å²) >= 11 is 1.67. The lowest BCUT2D eigenvalue weighted by Gasteiger charge is -2.36. The summed E-state index contributed by atoms with van der Waals surface area (Å²) < 4.78 is 11.0. The Bertz CT molecular complexity index is 820. The van der Waals surface area contributed by atoms with Gasteiger partial charge in [-0.3, -0.25) is 9.69 Å². The maximum Gasteiger partial charge on any atom is 0.255 e. The molecule has 1 atom stereocenters. The van der Waals surface area contributed by atoms with Gasteiger partial charge in [-0.05, 0) is 38.8 Å². The highest BCUT2D eigenvalue weighted by atomic mass is 32.2. The number of rotatable bonds is 6. The predicted octanol–water partition coefficient (Wildman–Crippen LogP) is 3.52. The highest BCUT2D eigenvalue weighted by molar-refractivity contribution is 7.98. The van der Waals surface area contributed by atoms with Gasteiger partial charge in [0.2, 0.25) is 0 Å². The molecule has 2 aliphatic heterocycles. The number of ether oxygens (including phenoxy) is 1. The minimum Gasteiger partial charge on any atom is -0.377 e. The summed E-state index contributed by atoms with van der Waals surface area (Å²) in [4.78, 5) is 18.6. The van der Waals surface area contributed by atoms with Crippen LogP contribution in [0.25, 0.3) is 0 Å². The number of aromatic nitrogens is 1. The molecule has 0 aliphatic carbocycles. The number of benzene rings is 1. The van der Waals surface area contributed by atoms with E-state index in [9.17, 15) is 4.79 Å². The highest BCUT2D eigenvalue weighted by Crippen LogP contribution is 2.29. The van der Waals surface area contributed by atoms with Crippen LogP contribution in [0, 0.1) is 13.8 Å². The maximum absolute atomic E-state index is 13.2. The van der Waals surface area contributed by atoms with Crippen molar-refractivity contribution in [1.82, 2.24) is 15.0 Å². The molecule has 0 bridgehead atoms. The van der Waals surface area contributed by atoms with Crippen molar-refractivity contribution in [2.24, 2.45) is 0 Å². The molecule has 1 aromatic carbocycles. The number of piperazine rings is 1. The normalized spacial score (nSPS) is 20.3. The van der Waals surface area contributed by atoms with Crippen molar-refractivity contribution < 1.29 is 14.1 Å². The highest BCUT2D eigenvalue weighted by Gasteiger charge is 2.26. The van der Waals surface area contributed by atoms with E-state index in [0.717, 1.165) is 79.0 Å². The van der Waals surface area contributed by atoms with Gasteiger partial charge < -0.3 is 14.2 Å². The maximum atomic E-state index is 13.2. The van der Waals surface area contributed by atoms with Crippen molar-refractivity contribution in [1.29, 1.82) is 0 Å². The number of aryl methyl sites for hydroxylation is 2. The second kappa shape index (κ2) is 9.32. The van der Waals surface area contributed by atoms with Crippen molar-refractivity contribution in [2.75, 3.05) is 39.3 Å². The van der Waals surface area contributed by atoms with Crippen LogP contribution in [0.15, 0.2) is 33.7 Å². The van der Waals surface area contributed by atoms with Gasteiger partial charge in [-0.15, -0.1) is 11.8 Å². The molecule has 1 unspecified atom stereocenters. The zero-order valence-electron chi connectivity index (χ0n) is 17.2. The number of nitrogens with zero attached hydrogens (tertiary/aromatic N) is 3. The van der Waals surface area contributed by atoms with Gasteiger partial charge in [0.05, 0.1) is 17.4 Å². The quantitative estimate of drug-likeness (QED) is 0.673. The Morgan fingerprint density at radius 3 is 2.69 bits per heavy atom. The standard InChI is InChI=1S/C22H29N3O3S/c1-16-20(17(2)28-23-16)15-29-21-8-4-3-7-19(21)22(26)25-11-9-24(10-12-25)14-18-6-5-13-27-18/h3-4,7-8,18H,5-6,9-15H2,1-2H3. The fraction of sp³-hybridized carbons (Fsp3) is 0.545. The Labute approximate surface area is 176 Å². The molecular weight excluding hydrogens is 386 g/mol. The molecule has 6 nitrogen and oxygen atoms in total. The van der Waals surface area contributed by atoms with Crippen LogP contribution in [0.2, 0.25) is 0 Å². The number of carbonyl (C=O) groups excluding carboxylic acids is 1. The van der Waals surface area contributed by atoms with E-state index in [2.05, 4.69) is 10.1 Å². The lowest BCUT2D eigenvalue weighted by atomic mass is 10.1. The van der Waals surface area contributed by atoms with Crippen LogP contribution in [-0.4, -0.2) is 66.3 Å². The summed E-state index contributed by atoms with van der Waals surface area (Å²) in [6.45, 7) is 9.16. The first-order chi connectivity index (χ1) is 14.1. The SMILES string of the molecule is Cc1noc(C)c1CSc1ccccc1C(=O)N1CCN(CC2CCCO2)CC1. The van der Waals surface area contributed by atoms with Crippen LogP contribution in [0.5, 0.6) is 0 Å². The van der Waals surface area contributed by atoms with Gasteiger partial charge >= 0.3 is 0 Å². The zero-order valence-corrected chi connectivity index (χ0v) is 18.0. The molecule has 4 rings (SSSR count). The molecule has 2 saturated heterocycles. The number of thioether (sulfide) groups is 1. The Hall–Kier alpha value is -1.83. The summed E-state index contributed by atoms with van der Waals surface area (Å²) in [5, 5.41) is 4.03. The van der Waals surface area contributed by atoms with Crippen LogP contribution >= 0.6 is 11.8 Å². The first-order valence-electron chi connectivity index (χ1n) is 10.4. The van der Waals surface area contributed by atoms with Crippen LogP contribution in [0.3, 0.4) is 0 Å². The van der Waals surface area contributed by atoms with Crippen molar-refractivity contribution in [3.63, 3.8) is 0 Å². The average molecular weight is 416 g/mol. The summed E-state index contributed by atoms with van der Waals surface area (Å²) in [5.74, 6) is 1.73. The second-order valence-corrected chi connectivity index (χ2v) is 8.83. The van der Waals surface area contributed by atoms with E-state index in [0.29, 0.717) is 6.10 Å². The van der Waals surface area contributed by atoms with Crippen LogP contribution < -0.4 is 0 Å². The third-order valence-corrected chi connectivity index (χ3v) is 6.92. The van der Waals surface area contributed by atoms with Gasteiger partial charge in [-0.1, -0.05) is 17.3 Å². The van der Waals surface area contributed by atoms with Crippen molar-refractivity contribution in [3.05, 3.63) is 46.8 Å². The molecule has 2 aromatic rings. The van der Waals surface area contributed by atoms with Gasteiger partial charge in [0.1, 0.15) is 5.76 Å². The third kappa shape index (κ3) is 4.85. The largest absolute Gasteiger partial charge is 0.377 e. The number of hydrogen-bond acceptors (Lipinski definition) is 6. The Morgan fingerprint density at radius 1 is 1.21 bits per heavy atom. The minimum absolute atomic E-state index is 0.128. The molecule has 3 heterocycles. The van der Waals surface area contributed by atoms with Crippen molar-refractivity contribution in [3.8, 4) is 0 Å². The molecular formula is C22H29N3O3S. The summed E-state index contributed by atoms with van der Waals surface area (Å²) in [6, 6.07) is 7.91. The number of carbonyl (C=O) groups is 1. The Balaban J connectivity index is 1.36. The monoisotopic (exact) mass is 415 g/mol. The van der Waals surface area contributed by atoms with Gasteiger partial charge in [0.25, 0.3) is 5.91 Å². The van der Waals surface area contributed by atoms with Crippen LogP contribution in [-0.2, 0) is 10.5 Å². The van der Waals surface area contributed by atoms with E-state index >= 15 is 0 Å². The summed E-state index contributed by atoms with van der Waals surface area (Å²) in [5.41, 5.74) is 2.82. The minimum atomic E-state index is 0.128. The van der Waals surface area contributed by atoms with E-state index in [1.54, 1.807) is 11.8 Å². The van der Waals surface area contributed by atoms with E-state index in [-0.39, 0.29) is 5.91 Å². The lowest BCUT2D eigenvalue weighted by Crippen LogP contribution is -2.50. The fourth-order valence-corrected chi connectivity index (χ4v) is 5.20. The molecule has 0 saturated carbocycles. The van der Waals surface area contributed by atoms with Crippen molar-refractivity contribution in [2.45, 2.75) is 43.4 Å². The molecule has 29 heavy (non-hydrogen) atoms. The first-order valence-corrected chi connectivity index (χ1v) is 11.4. The van der Waals surface area contributed by atoms with Crippen LogP contribution in [0.1, 0.15) is 40.2 Å². The van der Waals surface area contributed by atoms with Crippen LogP contribution in [0.4, 0.5) is 0 Å². The number of amides is 1. The van der Waals surface area contributed by atoms with E-state index in [1.165, 1.54) is 6.42 Å². The third-order valence-electron chi connectivity index (χ3n) is 5.82. The predicted molar refractivity (Wildman–Crippen MR) is 113 cm³/mol. The number of hydrogen-bond donors (Lipinski definition) is 0. The summed E-state index contributed by atoms with van der Waals surface area (Å²) in [6.07, 6.45) is 2.71. The lowest BCUT2D eigenvalue weighted by molar-refractivity contribution is 0.0431. The molecule has 1 amide bonds.